The minimum atomic E-state index is -0.825. The van der Waals surface area contributed by atoms with Gasteiger partial charge in [0.2, 0.25) is 0 Å². The Balaban J connectivity index is 1.97. The zero-order valence-corrected chi connectivity index (χ0v) is 14.5. The molecule has 0 saturated carbocycles. The summed E-state index contributed by atoms with van der Waals surface area (Å²) < 4.78 is 32.2. The van der Waals surface area contributed by atoms with Crippen LogP contribution >= 0.6 is 0 Å². The van der Waals surface area contributed by atoms with Crippen molar-refractivity contribution < 1.29 is 13.5 Å². The second-order valence-corrected chi connectivity index (χ2v) is 5.40. The number of halogens is 2. The zero-order chi connectivity index (χ0) is 18.1. The predicted molar refractivity (Wildman–Crippen MR) is 95.9 cm³/mol. The van der Waals surface area contributed by atoms with Crippen LogP contribution < -0.4 is 15.4 Å². The molecule has 2 rings (SSSR count). The number of rotatable bonds is 7. The molecule has 0 fully saturated rings. The number of nitrogens with one attached hydrogen (secondary N) is 2. The van der Waals surface area contributed by atoms with Gasteiger partial charge in [-0.3, -0.25) is 0 Å². The number of para-hydroxylation sites is 1. The van der Waals surface area contributed by atoms with E-state index < -0.39 is 11.6 Å². The molecule has 0 aliphatic heterocycles. The van der Waals surface area contributed by atoms with E-state index >= 15 is 0 Å². The molecule has 0 unspecified atom stereocenters. The largest absolute Gasteiger partial charge is 0.496 e. The van der Waals surface area contributed by atoms with Gasteiger partial charge < -0.3 is 15.4 Å². The number of guanidine groups is 1. The first-order chi connectivity index (χ1) is 12.2. The Morgan fingerprint density at radius 1 is 1.04 bits per heavy atom. The molecule has 0 atom stereocenters. The molecule has 0 bridgehead atoms. The fourth-order valence-electron chi connectivity index (χ4n) is 2.40. The van der Waals surface area contributed by atoms with Crippen LogP contribution in [0.1, 0.15) is 18.1 Å². The SMILES string of the molecule is CCNC(=NCc1ccccc1OC)NCCc1cccc(F)c1F. The van der Waals surface area contributed by atoms with Gasteiger partial charge in [-0.25, -0.2) is 13.8 Å². The Hall–Kier alpha value is -2.63. The fourth-order valence-corrected chi connectivity index (χ4v) is 2.40. The molecule has 2 aromatic carbocycles. The molecule has 0 aliphatic carbocycles. The minimum Gasteiger partial charge on any atom is -0.496 e. The first-order valence-corrected chi connectivity index (χ1v) is 8.22. The number of hydrogen-bond donors (Lipinski definition) is 2. The number of ether oxygens (including phenoxy) is 1. The molecular weight excluding hydrogens is 324 g/mol. The monoisotopic (exact) mass is 347 g/mol. The summed E-state index contributed by atoms with van der Waals surface area (Å²) in [6.07, 6.45) is 0.364. The van der Waals surface area contributed by atoms with E-state index in [-0.39, 0.29) is 0 Å². The van der Waals surface area contributed by atoms with Gasteiger partial charge in [-0.05, 0) is 31.0 Å². The van der Waals surface area contributed by atoms with Crippen molar-refractivity contribution in [2.75, 3.05) is 20.2 Å². The van der Waals surface area contributed by atoms with Gasteiger partial charge in [0.05, 0.1) is 13.7 Å². The molecule has 0 aliphatic rings. The highest BCUT2D eigenvalue weighted by molar-refractivity contribution is 5.79. The number of nitrogens with zero attached hydrogens (tertiary/aromatic N) is 1. The first-order valence-electron chi connectivity index (χ1n) is 8.22. The average Bonchev–Trinajstić information content (AvgIpc) is 2.63. The smallest absolute Gasteiger partial charge is 0.191 e. The lowest BCUT2D eigenvalue weighted by molar-refractivity contribution is 0.410. The molecule has 2 N–H and O–H groups in total. The van der Waals surface area contributed by atoms with Gasteiger partial charge >= 0.3 is 0 Å². The van der Waals surface area contributed by atoms with E-state index in [9.17, 15) is 8.78 Å². The molecule has 0 radical (unpaired) electrons. The van der Waals surface area contributed by atoms with Crippen LogP contribution in [0.4, 0.5) is 8.78 Å². The molecule has 0 heterocycles. The number of hydrogen-bond acceptors (Lipinski definition) is 2. The predicted octanol–water partition coefficient (Wildman–Crippen LogP) is 3.27. The van der Waals surface area contributed by atoms with E-state index in [0.29, 0.717) is 37.6 Å². The van der Waals surface area contributed by atoms with Gasteiger partial charge in [-0.1, -0.05) is 30.3 Å². The van der Waals surface area contributed by atoms with Crippen LogP contribution in [0.25, 0.3) is 0 Å². The fraction of sp³-hybridized carbons (Fsp3) is 0.316. The number of aliphatic imine (C=N–C) groups is 1. The maximum atomic E-state index is 13.7. The molecule has 0 aromatic heterocycles. The molecule has 134 valence electrons. The normalized spacial score (nSPS) is 11.3. The van der Waals surface area contributed by atoms with Crippen LogP contribution in [0.2, 0.25) is 0 Å². The van der Waals surface area contributed by atoms with Crippen molar-refractivity contribution in [3.05, 3.63) is 65.2 Å². The van der Waals surface area contributed by atoms with Crippen LogP contribution in [0, 0.1) is 11.6 Å². The van der Waals surface area contributed by atoms with Gasteiger partial charge in [-0.15, -0.1) is 0 Å². The van der Waals surface area contributed by atoms with Crippen molar-refractivity contribution in [3.63, 3.8) is 0 Å². The van der Waals surface area contributed by atoms with E-state index in [1.165, 1.54) is 6.07 Å². The van der Waals surface area contributed by atoms with Crippen LogP contribution in [0.3, 0.4) is 0 Å². The van der Waals surface area contributed by atoms with E-state index in [1.54, 1.807) is 13.2 Å². The molecule has 4 nitrogen and oxygen atoms in total. The lowest BCUT2D eigenvalue weighted by atomic mass is 10.1. The van der Waals surface area contributed by atoms with Crippen molar-refractivity contribution in [2.45, 2.75) is 19.9 Å². The Kier molecular flexibility index (Phi) is 7.19. The molecule has 0 saturated heterocycles. The van der Waals surface area contributed by atoms with Crippen LogP contribution in [-0.4, -0.2) is 26.2 Å². The Labute approximate surface area is 146 Å². The van der Waals surface area contributed by atoms with Gasteiger partial charge in [0, 0.05) is 18.7 Å². The first kappa shape index (κ1) is 18.7. The molecular formula is C19H23F2N3O. The number of methoxy groups -OCH3 is 1. The summed E-state index contributed by atoms with van der Waals surface area (Å²) in [5.41, 5.74) is 1.31. The highest BCUT2D eigenvalue weighted by atomic mass is 19.2. The summed E-state index contributed by atoms with van der Waals surface area (Å²) >= 11 is 0. The highest BCUT2D eigenvalue weighted by Crippen LogP contribution is 2.17. The third kappa shape index (κ3) is 5.45. The Morgan fingerprint density at radius 2 is 1.80 bits per heavy atom. The van der Waals surface area contributed by atoms with Gasteiger partial charge in [0.25, 0.3) is 0 Å². The molecule has 6 heteroatoms. The van der Waals surface area contributed by atoms with Gasteiger partial charge in [0.15, 0.2) is 17.6 Å². The highest BCUT2D eigenvalue weighted by Gasteiger charge is 2.07. The van der Waals surface area contributed by atoms with Crippen LogP contribution in [-0.2, 0) is 13.0 Å². The maximum absolute atomic E-state index is 13.7. The lowest BCUT2D eigenvalue weighted by Crippen LogP contribution is -2.38. The summed E-state index contributed by atoms with van der Waals surface area (Å²) in [7, 11) is 1.62. The Bertz CT molecular complexity index is 720. The van der Waals surface area contributed by atoms with Crippen molar-refractivity contribution in [1.82, 2.24) is 10.6 Å². The van der Waals surface area contributed by atoms with Crippen LogP contribution in [0.5, 0.6) is 5.75 Å². The van der Waals surface area contributed by atoms with E-state index in [1.807, 2.05) is 31.2 Å². The van der Waals surface area contributed by atoms with Crippen molar-refractivity contribution >= 4 is 5.96 Å². The third-order valence-corrected chi connectivity index (χ3v) is 3.66. The average molecular weight is 347 g/mol. The third-order valence-electron chi connectivity index (χ3n) is 3.66. The van der Waals surface area contributed by atoms with Crippen molar-refractivity contribution in [3.8, 4) is 5.75 Å². The topological polar surface area (TPSA) is 45.7 Å². The molecule has 0 amide bonds. The lowest BCUT2D eigenvalue weighted by Gasteiger charge is -2.12. The summed E-state index contributed by atoms with van der Waals surface area (Å²) in [5, 5.41) is 6.27. The standard InChI is InChI=1S/C19H23F2N3O/c1-3-22-19(24-13-15-7-4-5-10-17(15)25-2)23-12-11-14-8-6-9-16(20)18(14)21/h4-10H,3,11-13H2,1-2H3,(H2,22,23,24). The summed E-state index contributed by atoms with van der Waals surface area (Å²) in [6.45, 7) is 3.56. The van der Waals surface area contributed by atoms with E-state index in [2.05, 4.69) is 15.6 Å². The zero-order valence-electron chi connectivity index (χ0n) is 14.5. The molecule has 25 heavy (non-hydrogen) atoms. The van der Waals surface area contributed by atoms with E-state index in [4.69, 9.17) is 4.74 Å². The Morgan fingerprint density at radius 3 is 2.56 bits per heavy atom. The number of benzene rings is 2. The quantitative estimate of drug-likeness (QED) is 0.597. The van der Waals surface area contributed by atoms with Crippen molar-refractivity contribution in [1.29, 1.82) is 0 Å². The second kappa shape index (κ2) is 9.61. The summed E-state index contributed by atoms with van der Waals surface area (Å²) in [6, 6.07) is 11.9. The molecule has 0 spiro atoms. The molecule has 2 aromatic rings. The maximum Gasteiger partial charge on any atom is 0.191 e. The minimum absolute atomic E-state index is 0.341. The summed E-state index contributed by atoms with van der Waals surface area (Å²) in [5.74, 6) is -0.219. The van der Waals surface area contributed by atoms with E-state index in [0.717, 1.165) is 17.4 Å². The van der Waals surface area contributed by atoms with Crippen LogP contribution in [0.15, 0.2) is 47.5 Å². The summed E-state index contributed by atoms with van der Waals surface area (Å²) in [4.78, 5) is 4.51. The second-order valence-electron chi connectivity index (χ2n) is 5.40. The van der Waals surface area contributed by atoms with Gasteiger partial charge in [-0.2, -0.15) is 0 Å². The van der Waals surface area contributed by atoms with Crippen molar-refractivity contribution in [2.24, 2.45) is 4.99 Å². The van der Waals surface area contributed by atoms with Gasteiger partial charge in [0.1, 0.15) is 5.75 Å².